The molecule has 0 spiro atoms. The molecule has 0 saturated carbocycles. The lowest BCUT2D eigenvalue weighted by molar-refractivity contribution is -0.491. The number of fused-ring (bicyclic) bond motifs is 1. The Balaban J connectivity index is 1.99. The van der Waals surface area contributed by atoms with Gasteiger partial charge in [0.25, 0.3) is 0 Å². The second-order valence-corrected chi connectivity index (χ2v) is 4.40. The Morgan fingerprint density at radius 2 is 2.06 bits per heavy atom. The molecule has 0 atom stereocenters. The molecule has 1 heterocycles. The van der Waals surface area contributed by atoms with E-state index < -0.39 is 0 Å². The molecule has 0 N–H and O–H groups in total. The predicted molar refractivity (Wildman–Crippen MR) is 67.3 cm³/mol. The molecule has 0 radical (unpaired) electrons. The SMILES string of the molecule is O=C1C=[N+](C2=CC=CCC2)Cc2ccccc21. The van der Waals surface area contributed by atoms with E-state index in [0.717, 1.165) is 30.5 Å². The van der Waals surface area contributed by atoms with Gasteiger partial charge in [-0.3, -0.25) is 4.79 Å². The first kappa shape index (κ1) is 10.2. The van der Waals surface area contributed by atoms with E-state index in [1.807, 2.05) is 24.3 Å². The fraction of sp³-hybridized carbons (Fsp3) is 0.200. The Labute approximate surface area is 101 Å². The zero-order valence-electron chi connectivity index (χ0n) is 9.60. The van der Waals surface area contributed by atoms with Gasteiger partial charge in [0.2, 0.25) is 12.0 Å². The first-order valence-electron chi connectivity index (χ1n) is 5.94. The van der Waals surface area contributed by atoms with Crippen LogP contribution in [0.1, 0.15) is 28.8 Å². The summed E-state index contributed by atoms with van der Waals surface area (Å²) in [6.45, 7) is 0.807. The number of ketones is 1. The van der Waals surface area contributed by atoms with Crippen LogP contribution in [0.25, 0.3) is 0 Å². The van der Waals surface area contributed by atoms with Gasteiger partial charge in [0.05, 0.1) is 0 Å². The summed E-state index contributed by atoms with van der Waals surface area (Å²) in [5, 5.41) is 0. The molecule has 1 aliphatic heterocycles. The van der Waals surface area contributed by atoms with E-state index in [4.69, 9.17) is 0 Å². The van der Waals surface area contributed by atoms with Gasteiger partial charge in [-0.15, -0.1) is 0 Å². The first-order chi connectivity index (χ1) is 8.34. The summed E-state index contributed by atoms with van der Waals surface area (Å²) in [4.78, 5) is 12.0. The van der Waals surface area contributed by atoms with Crippen LogP contribution in [-0.2, 0) is 6.54 Å². The molecule has 0 bridgehead atoms. The van der Waals surface area contributed by atoms with Crippen molar-refractivity contribution in [1.29, 1.82) is 0 Å². The van der Waals surface area contributed by atoms with E-state index in [0.29, 0.717) is 0 Å². The Kier molecular flexibility index (Phi) is 2.48. The zero-order valence-corrected chi connectivity index (χ0v) is 9.60. The minimum Gasteiger partial charge on any atom is -0.283 e. The fourth-order valence-electron chi connectivity index (χ4n) is 2.35. The summed E-state index contributed by atoms with van der Waals surface area (Å²) in [7, 11) is 0. The number of rotatable bonds is 1. The van der Waals surface area contributed by atoms with E-state index in [9.17, 15) is 4.79 Å². The predicted octanol–water partition coefficient (Wildman–Crippen LogP) is 2.70. The maximum absolute atomic E-state index is 12.0. The number of Topliss-reactive ketones (excluding diaryl/α,β-unsaturated/α-hetero) is 1. The third-order valence-electron chi connectivity index (χ3n) is 3.26. The Bertz CT molecular complexity index is 564. The number of benzene rings is 1. The van der Waals surface area contributed by atoms with Crippen LogP contribution in [0.15, 0.2) is 48.2 Å². The molecule has 3 rings (SSSR count). The summed E-state index contributed by atoms with van der Waals surface area (Å²) in [6, 6.07) is 7.85. The number of carbonyl (C=O) groups excluding carboxylic acids is 1. The van der Waals surface area contributed by atoms with Crippen LogP contribution in [0.4, 0.5) is 0 Å². The van der Waals surface area contributed by atoms with E-state index in [2.05, 4.69) is 22.8 Å². The molecule has 2 heteroatoms. The highest BCUT2D eigenvalue weighted by atomic mass is 16.1. The van der Waals surface area contributed by atoms with Gasteiger partial charge >= 0.3 is 0 Å². The molecule has 1 aromatic rings. The highest BCUT2D eigenvalue weighted by Gasteiger charge is 2.25. The number of hydrogen-bond donors (Lipinski definition) is 0. The van der Waals surface area contributed by atoms with E-state index >= 15 is 0 Å². The molecule has 0 aromatic heterocycles. The van der Waals surface area contributed by atoms with Crippen molar-refractivity contribution in [2.45, 2.75) is 19.4 Å². The van der Waals surface area contributed by atoms with Gasteiger partial charge in [-0.1, -0.05) is 36.4 Å². The average molecular weight is 224 g/mol. The van der Waals surface area contributed by atoms with Crippen LogP contribution < -0.4 is 0 Å². The van der Waals surface area contributed by atoms with Crippen LogP contribution in [0.3, 0.4) is 0 Å². The summed E-state index contributed by atoms with van der Waals surface area (Å²) in [6.07, 6.45) is 10.1. The molecule has 0 amide bonds. The quantitative estimate of drug-likeness (QED) is 0.671. The second kappa shape index (κ2) is 4.13. The number of nitrogens with zero attached hydrogens (tertiary/aromatic N) is 1. The molecular formula is C15H14NO+. The lowest BCUT2D eigenvalue weighted by Crippen LogP contribution is -2.24. The molecule has 2 aliphatic rings. The molecule has 2 nitrogen and oxygen atoms in total. The smallest absolute Gasteiger partial charge is 0.249 e. The number of allylic oxidation sites excluding steroid dienone is 4. The standard InChI is InChI=1S/C15H14NO/c17-15-11-16(13-7-2-1-3-8-13)10-12-6-4-5-9-14(12)15/h1-2,4-7,9,11H,3,8,10H2/q+1. The third kappa shape index (κ3) is 1.86. The maximum Gasteiger partial charge on any atom is 0.249 e. The fourth-order valence-corrected chi connectivity index (χ4v) is 2.35. The normalized spacial score (nSPS) is 18.5. The molecule has 1 aliphatic carbocycles. The van der Waals surface area contributed by atoms with Crippen molar-refractivity contribution in [2.24, 2.45) is 0 Å². The lowest BCUT2D eigenvalue weighted by atomic mass is 10.00. The summed E-state index contributed by atoms with van der Waals surface area (Å²) in [5.74, 6) is 0.113. The van der Waals surface area contributed by atoms with Crippen molar-refractivity contribution in [1.82, 2.24) is 0 Å². The Hall–Kier alpha value is -1.96. The molecule has 0 saturated heterocycles. The van der Waals surface area contributed by atoms with Gasteiger partial charge in [-0.05, 0) is 6.42 Å². The van der Waals surface area contributed by atoms with Gasteiger partial charge < -0.3 is 0 Å². The first-order valence-corrected chi connectivity index (χ1v) is 5.94. The van der Waals surface area contributed by atoms with Gasteiger partial charge in [0, 0.05) is 23.6 Å². The second-order valence-electron chi connectivity index (χ2n) is 4.40. The van der Waals surface area contributed by atoms with Gasteiger partial charge in [0.1, 0.15) is 0 Å². The van der Waals surface area contributed by atoms with E-state index in [-0.39, 0.29) is 5.78 Å². The van der Waals surface area contributed by atoms with Crippen molar-refractivity contribution < 1.29 is 9.37 Å². The van der Waals surface area contributed by atoms with Crippen LogP contribution in [0.5, 0.6) is 0 Å². The van der Waals surface area contributed by atoms with Gasteiger partial charge in [-0.2, -0.15) is 4.58 Å². The van der Waals surface area contributed by atoms with E-state index in [1.54, 1.807) is 6.21 Å². The minimum absolute atomic E-state index is 0.113. The molecule has 0 fully saturated rings. The summed E-state index contributed by atoms with van der Waals surface area (Å²) < 4.78 is 2.08. The van der Waals surface area contributed by atoms with Crippen molar-refractivity contribution in [3.63, 3.8) is 0 Å². The highest BCUT2D eigenvalue weighted by molar-refractivity contribution is 6.34. The van der Waals surface area contributed by atoms with Crippen molar-refractivity contribution in [3.8, 4) is 0 Å². The molecule has 17 heavy (non-hydrogen) atoms. The lowest BCUT2D eigenvalue weighted by Gasteiger charge is -2.14. The topological polar surface area (TPSA) is 20.1 Å². The van der Waals surface area contributed by atoms with Gasteiger partial charge in [-0.25, -0.2) is 0 Å². The van der Waals surface area contributed by atoms with Crippen LogP contribution in [0, 0.1) is 0 Å². The molecular weight excluding hydrogens is 210 g/mol. The van der Waals surface area contributed by atoms with Crippen molar-refractivity contribution in [3.05, 3.63) is 59.3 Å². The van der Waals surface area contributed by atoms with Crippen LogP contribution in [-0.4, -0.2) is 16.6 Å². The van der Waals surface area contributed by atoms with Crippen LogP contribution >= 0.6 is 0 Å². The maximum atomic E-state index is 12.0. The third-order valence-corrected chi connectivity index (χ3v) is 3.26. The van der Waals surface area contributed by atoms with Crippen LogP contribution in [0.2, 0.25) is 0 Å². The minimum atomic E-state index is 0.113. The molecule has 1 aromatic carbocycles. The summed E-state index contributed by atoms with van der Waals surface area (Å²) in [5.41, 5.74) is 3.20. The van der Waals surface area contributed by atoms with Crippen molar-refractivity contribution >= 4 is 12.0 Å². The number of hydrogen-bond acceptors (Lipinski definition) is 1. The molecule has 0 unspecified atom stereocenters. The van der Waals surface area contributed by atoms with E-state index in [1.165, 1.54) is 5.70 Å². The van der Waals surface area contributed by atoms with Crippen molar-refractivity contribution in [2.75, 3.05) is 0 Å². The number of carbonyl (C=O) groups is 1. The average Bonchev–Trinajstić information content (AvgIpc) is 2.40. The monoisotopic (exact) mass is 224 g/mol. The largest absolute Gasteiger partial charge is 0.283 e. The summed E-state index contributed by atoms with van der Waals surface area (Å²) >= 11 is 0. The Morgan fingerprint density at radius 3 is 2.88 bits per heavy atom. The molecule has 84 valence electrons. The Morgan fingerprint density at radius 1 is 1.18 bits per heavy atom. The highest BCUT2D eigenvalue weighted by Crippen LogP contribution is 2.20. The van der Waals surface area contributed by atoms with Gasteiger partial charge in [0.15, 0.2) is 12.2 Å². The zero-order chi connectivity index (χ0) is 11.7.